The molecule has 13 heavy (non-hydrogen) atoms. The van der Waals surface area contributed by atoms with Gasteiger partial charge in [0.05, 0.1) is 6.61 Å². The molecule has 0 aromatic heterocycles. The Labute approximate surface area is 83.1 Å². The Morgan fingerprint density at radius 3 is 2.00 bits per heavy atom. The summed E-state index contributed by atoms with van der Waals surface area (Å²) < 4.78 is 5.61. The number of hydrogen-bond acceptors (Lipinski definition) is 2. The maximum Gasteiger partial charge on any atom is 0.0624 e. The molecule has 2 nitrogen and oxygen atoms in total. The normalized spacial score (nSPS) is 15.0. The highest BCUT2D eigenvalue weighted by Gasteiger charge is 2.22. The van der Waals surface area contributed by atoms with Crippen molar-refractivity contribution in [3.63, 3.8) is 0 Å². The first-order valence-corrected chi connectivity index (χ1v) is 5.13. The van der Waals surface area contributed by atoms with Gasteiger partial charge in [-0.15, -0.1) is 0 Å². The van der Waals surface area contributed by atoms with Crippen LogP contribution in [0.1, 0.15) is 34.6 Å². The highest BCUT2D eigenvalue weighted by molar-refractivity contribution is 4.78. The minimum Gasteiger partial charge on any atom is -0.380 e. The van der Waals surface area contributed by atoms with Gasteiger partial charge < -0.3 is 10.1 Å². The lowest BCUT2D eigenvalue weighted by molar-refractivity contribution is 0.0628. The summed E-state index contributed by atoms with van der Waals surface area (Å²) in [5.41, 5.74) is 0.270. The number of likely N-dealkylation sites (N-methyl/N-ethyl adjacent to an activating group) is 1. The SMILES string of the molecule is CNC(COCC(C)C)C(C)(C)C. The van der Waals surface area contributed by atoms with Crippen molar-refractivity contribution >= 4 is 0 Å². The number of ether oxygens (including phenoxy) is 1. The van der Waals surface area contributed by atoms with Crippen LogP contribution in [0.15, 0.2) is 0 Å². The molecule has 0 saturated heterocycles. The third kappa shape index (κ3) is 6.05. The first kappa shape index (κ1) is 12.9. The quantitative estimate of drug-likeness (QED) is 0.713. The molecule has 0 heterocycles. The van der Waals surface area contributed by atoms with Gasteiger partial charge in [-0.25, -0.2) is 0 Å². The molecule has 0 spiro atoms. The van der Waals surface area contributed by atoms with Gasteiger partial charge >= 0.3 is 0 Å². The van der Waals surface area contributed by atoms with Crippen LogP contribution >= 0.6 is 0 Å². The van der Waals surface area contributed by atoms with Crippen LogP contribution in [0.3, 0.4) is 0 Å². The molecule has 0 amide bonds. The summed E-state index contributed by atoms with van der Waals surface area (Å²) in [5, 5.41) is 3.29. The highest BCUT2D eigenvalue weighted by Crippen LogP contribution is 2.19. The van der Waals surface area contributed by atoms with Gasteiger partial charge in [-0.2, -0.15) is 0 Å². The van der Waals surface area contributed by atoms with E-state index in [4.69, 9.17) is 4.74 Å². The molecule has 1 unspecified atom stereocenters. The van der Waals surface area contributed by atoms with Crippen molar-refractivity contribution in [1.82, 2.24) is 5.32 Å². The average Bonchev–Trinajstić information content (AvgIpc) is 1.95. The zero-order valence-corrected chi connectivity index (χ0v) is 9.98. The molecule has 0 aromatic carbocycles. The van der Waals surface area contributed by atoms with Crippen molar-refractivity contribution in [1.29, 1.82) is 0 Å². The van der Waals surface area contributed by atoms with Crippen LogP contribution in [0.4, 0.5) is 0 Å². The Hall–Kier alpha value is -0.0800. The molecular weight excluding hydrogens is 162 g/mol. The van der Waals surface area contributed by atoms with Gasteiger partial charge in [0.15, 0.2) is 0 Å². The average molecular weight is 187 g/mol. The van der Waals surface area contributed by atoms with Gasteiger partial charge in [0, 0.05) is 12.6 Å². The van der Waals surface area contributed by atoms with Gasteiger partial charge in [0.25, 0.3) is 0 Å². The minimum absolute atomic E-state index is 0.270. The van der Waals surface area contributed by atoms with E-state index in [1.165, 1.54) is 0 Å². The molecule has 0 fully saturated rings. The third-order valence-electron chi connectivity index (χ3n) is 2.13. The van der Waals surface area contributed by atoms with E-state index in [1.54, 1.807) is 0 Å². The van der Waals surface area contributed by atoms with E-state index in [0.717, 1.165) is 13.2 Å². The molecule has 0 aliphatic rings. The van der Waals surface area contributed by atoms with E-state index in [-0.39, 0.29) is 5.41 Å². The lowest BCUT2D eigenvalue weighted by Gasteiger charge is -2.30. The van der Waals surface area contributed by atoms with Crippen LogP contribution in [0.25, 0.3) is 0 Å². The van der Waals surface area contributed by atoms with E-state index >= 15 is 0 Å². The Kier molecular flexibility index (Phi) is 5.57. The molecule has 2 heteroatoms. The summed E-state index contributed by atoms with van der Waals surface area (Å²) in [6.45, 7) is 12.7. The van der Waals surface area contributed by atoms with E-state index in [9.17, 15) is 0 Å². The van der Waals surface area contributed by atoms with E-state index in [0.29, 0.717) is 12.0 Å². The third-order valence-corrected chi connectivity index (χ3v) is 2.13. The number of hydrogen-bond donors (Lipinski definition) is 1. The first-order chi connectivity index (χ1) is 5.88. The lowest BCUT2D eigenvalue weighted by Crippen LogP contribution is -2.42. The van der Waals surface area contributed by atoms with Gasteiger partial charge in [-0.05, 0) is 18.4 Å². The van der Waals surface area contributed by atoms with Crippen molar-refractivity contribution in [2.75, 3.05) is 20.3 Å². The molecule has 0 aliphatic heterocycles. The second-order valence-electron chi connectivity index (χ2n) is 5.14. The Morgan fingerprint density at radius 2 is 1.69 bits per heavy atom. The fourth-order valence-electron chi connectivity index (χ4n) is 1.19. The maximum atomic E-state index is 5.61. The zero-order chi connectivity index (χ0) is 10.5. The Morgan fingerprint density at radius 1 is 1.15 bits per heavy atom. The maximum absolute atomic E-state index is 5.61. The lowest BCUT2D eigenvalue weighted by atomic mass is 9.87. The zero-order valence-electron chi connectivity index (χ0n) is 9.98. The molecular formula is C11H25NO. The van der Waals surface area contributed by atoms with Gasteiger partial charge in [0.2, 0.25) is 0 Å². The second kappa shape index (κ2) is 5.61. The highest BCUT2D eigenvalue weighted by atomic mass is 16.5. The van der Waals surface area contributed by atoms with Crippen molar-refractivity contribution < 1.29 is 4.74 Å². The van der Waals surface area contributed by atoms with Crippen LogP contribution in [0.5, 0.6) is 0 Å². The largest absolute Gasteiger partial charge is 0.380 e. The van der Waals surface area contributed by atoms with Crippen molar-refractivity contribution in [3.05, 3.63) is 0 Å². The molecule has 1 atom stereocenters. The summed E-state index contributed by atoms with van der Waals surface area (Å²) in [7, 11) is 1.99. The van der Waals surface area contributed by atoms with Crippen molar-refractivity contribution in [3.8, 4) is 0 Å². The summed E-state index contributed by atoms with van der Waals surface area (Å²) in [6.07, 6.45) is 0. The predicted octanol–water partition coefficient (Wildman–Crippen LogP) is 2.29. The van der Waals surface area contributed by atoms with Gasteiger partial charge in [-0.1, -0.05) is 34.6 Å². The molecule has 0 saturated carbocycles. The summed E-state index contributed by atoms with van der Waals surface area (Å²) >= 11 is 0. The molecule has 0 radical (unpaired) electrons. The molecule has 80 valence electrons. The second-order valence-corrected chi connectivity index (χ2v) is 5.14. The van der Waals surface area contributed by atoms with Crippen LogP contribution < -0.4 is 5.32 Å². The number of rotatable bonds is 5. The summed E-state index contributed by atoms with van der Waals surface area (Å²) in [5.74, 6) is 0.623. The van der Waals surface area contributed by atoms with Crippen LogP contribution in [0.2, 0.25) is 0 Å². The summed E-state index contributed by atoms with van der Waals surface area (Å²) in [4.78, 5) is 0. The van der Waals surface area contributed by atoms with Crippen LogP contribution in [-0.4, -0.2) is 26.3 Å². The summed E-state index contributed by atoms with van der Waals surface area (Å²) in [6, 6.07) is 0.436. The van der Waals surface area contributed by atoms with Gasteiger partial charge in [-0.3, -0.25) is 0 Å². The van der Waals surface area contributed by atoms with Crippen LogP contribution in [-0.2, 0) is 4.74 Å². The molecule has 1 N–H and O–H groups in total. The van der Waals surface area contributed by atoms with Crippen molar-refractivity contribution in [2.45, 2.75) is 40.7 Å². The minimum atomic E-state index is 0.270. The standard InChI is InChI=1S/C11H25NO/c1-9(2)7-13-8-10(12-6)11(3,4)5/h9-10,12H,7-8H2,1-6H3. The van der Waals surface area contributed by atoms with Crippen LogP contribution in [0, 0.1) is 11.3 Å². The topological polar surface area (TPSA) is 21.3 Å². The molecule has 0 aliphatic carbocycles. The smallest absolute Gasteiger partial charge is 0.0624 e. The number of nitrogens with one attached hydrogen (secondary N) is 1. The Bertz CT molecular complexity index is 127. The molecule has 0 rings (SSSR count). The fourth-order valence-corrected chi connectivity index (χ4v) is 1.19. The predicted molar refractivity (Wildman–Crippen MR) is 58.0 cm³/mol. The molecule has 0 bridgehead atoms. The van der Waals surface area contributed by atoms with E-state index < -0.39 is 0 Å². The first-order valence-electron chi connectivity index (χ1n) is 5.13. The van der Waals surface area contributed by atoms with Gasteiger partial charge in [0.1, 0.15) is 0 Å². The van der Waals surface area contributed by atoms with E-state index in [1.807, 2.05) is 7.05 Å². The Balaban J connectivity index is 3.73. The van der Waals surface area contributed by atoms with E-state index in [2.05, 4.69) is 39.9 Å². The van der Waals surface area contributed by atoms with Crippen molar-refractivity contribution in [2.24, 2.45) is 11.3 Å². The monoisotopic (exact) mass is 187 g/mol. The molecule has 0 aromatic rings. The fraction of sp³-hybridized carbons (Fsp3) is 1.00.